The molecule has 1 aromatic carbocycles. The van der Waals surface area contributed by atoms with Gasteiger partial charge in [-0.1, -0.05) is 0 Å². The fourth-order valence-corrected chi connectivity index (χ4v) is 2.89. The molecule has 124 valence electrons. The lowest BCUT2D eigenvalue weighted by Crippen LogP contribution is -2.31. The molecule has 3 rings (SSSR count). The highest BCUT2D eigenvalue weighted by Crippen LogP contribution is 2.35. The lowest BCUT2D eigenvalue weighted by Gasteiger charge is -2.21. The number of hydrogen-bond acceptors (Lipinski definition) is 5. The molecule has 0 spiro atoms. The first kappa shape index (κ1) is 15.8. The molecule has 2 heterocycles. The van der Waals surface area contributed by atoms with Gasteiger partial charge < -0.3 is 19.2 Å². The van der Waals surface area contributed by atoms with Crippen molar-refractivity contribution < 1.29 is 14.2 Å². The molecule has 0 radical (unpaired) electrons. The first-order valence-corrected chi connectivity index (χ1v) is 7.82. The number of rotatable bonds is 6. The molecule has 0 fully saturated rings. The van der Waals surface area contributed by atoms with Crippen molar-refractivity contribution in [1.29, 1.82) is 0 Å². The number of ether oxygens (including phenoxy) is 3. The zero-order valence-electron chi connectivity index (χ0n) is 13.7. The second-order valence-corrected chi connectivity index (χ2v) is 5.88. The highest BCUT2D eigenvalue weighted by molar-refractivity contribution is 5.83. The van der Waals surface area contributed by atoms with Crippen molar-refractivity contribution in [2.75, 3.05) is 27.0 Å². The summed E-state index contributed by atoms with van der Waals surface area (Å²) in [4.78, 5) is 17.3. The quantitative estimate of drug-likeness (QED) is 0.884. The van der Waals surface area contributed by atoms with E-state index in [1.807, 2.05) is 39.1 Å². The van der Waals surface area contributed by atoms with Crippen LogP contribution in [0.1, 0.15) is 19.4 Å². The number of pyridine rings is 1. The predicted octanol–water partition coefficient (Wildman–Crippen LogP) is 2.11. The number of benzene rings is 1. The topological polar surface area (TPSA) is 63.8 Å². The zero-order valence-corrected chi connectivity index (χ0v) is 13.7. The second-order valence-electron chi connectivity index (χ2n) is 5.88. The third-order valence-corrected chi connectivity index (χ3v) is 3.87. The normalized spacial score (nSPS) is 14.6. The van der Waals surface area contributed by atoms with Crippen molar-refractivity contribution in [3.63, 3.8) is 0 Å². The van der Waals surface area contributed by atoms with Crippen LogP contribution in [0.25, 0.3) is 10.9 Å². The Bertz CT molecular complexity index is 756. The maximum Gasteiger partial charge on any atom is 0.252 e. The average molecular weight is 318 g/mol. The number of nitrogens with one attached hydrogen (secondary N) is 1. The van der Waals surface area contributed by atoms with Gasteiger partial charge >= 0.3 is 0 Å². The van der Waals surface area contributed by atoms with E-state index in [0.29, 0.717) is 24.7 Å². The summed E-state index contributed by atoms with van der Waals surface area (Å²) in [7, 11) is 1.98. The van der Waals surface area contributed by atoms with Crippen molar-refractivity contribution in [3.8, 4) is 11.5 Å². The number of H-pyrrole nitrogens is 1. The molecule has 2 aromatic rings. The van der Waals surface area contributed by atoms with Crippen LogP contribution in [-0.4, -0.2) is 43.0 Å². The van der Waals surface area contributed by atoms with Crippen LogP contribution in [-0.2, 0) is 11.3 Å². The molecule has 1 atom stereocenters. The summed E-state index contributed by atoms with van der Waals surface area (Å²) >= 11 is 0. The summed E-state index contributed by atoms with van der Waals surface area (Å²) in [6.45, 7) is 6.27. The summed E-state index contributed by atoms with van der Waals surface area (Å²) in [5, 5.41) is 0.940. The van der Waals surface area contributed by atoms with Gasteiger partial charge in [-0.25, -0.2) is 0 Å². The molecule has 23 heavy (non-hydrogen) atoms. The predicted molar refractivity (Wildman–Crippen MR) is 88.1 cm³/mol. The molecular formula is C17H22N2O4. The van der Waals surface area contributed by atoms with Crippen molar-refractivity contribution in [3.05, 3.63) is 34.1 Å². The third kappa shape index (κ3) is 3.48. The maximum atomic E-state index is 12.3. The van der Waals surface area contributed by atoms with Crippen LogP contribution < -0.4 is 15.0 Å². The fourth-order valence-electron chi connectivity index (χ4n) is 2.89. The molecule has 1 unspecified atom stereocenters. The van der Waals surface area contributed by atoms with Crippen LogP contribution in [0.5, 0.6) is 11.5 Å². The monoisotopic (exact) mass is 318 g/mol. The van der Waals surface area contributed by atoms with Gasteiger partial charge in [-0.05, 0) is 33.0 Å². The Morgan fingerprint density at radius 3 is 2.78 bits per heavy atom. The van der Waals surface area contributed by atoms with E-state index in [1.54, 1.807) is 0 Å². The van der Waals surface area contributed by atoms with Crippen molar-refractivity contribution in [1.82, 2.24) is 9.88 Å². The van der Waals surface area contributed by atoms with Crippen LogP contribution >= 0.6 is 0 Å². The lowest BCUT2D eigenvalue weighted by molar-refractivity contribution is 0.0503. The van der Waals surface area contributed by atoms with E-state index in [-0.39, 0.29) is 18.5 Å². The number of hydrogen-bond donors (Lipinski definition) is 1. The smallest absolute Gasteiger partial charge is 0.252 e. The van der Waals surface area contributed by atoms with Gasteiger partial charge in [0.25, 0.3) is 5.56 Å². The first-order chi connectivity index (χ1) is 11.1. The molecule has 6 nitrogen and oxygen atoms in total. The Labute approximate surface area is 135 Å². The number of aromatic nitrogens is 1. The van der Waals surface area contributed by atoms with Crippen molar-refractivity contribution >= 4 is 10.9 Å². The van der Waals surface area contributed by atoms with E-state index < -0.39 is 0 Å². The minimum absolute atomic E-state index is 0.0766. The molecule has 1 aliphatic heterocycles. The zero-order chi connectivity index (χ0) is 16.4. The Hall–Kier alpha value is -2.05. The van der Waals surface area contributed by atoms with Gasteiger partial charge in [-0.3, -0.25) is 9.69 Å². The van der Waals surface area contributed by atoms with Gasteiger partial charge in [0, 0.05) is 36.7 Å². The summed E-state index contributed by atoms with van der Waals surface area (Å²) in [5.74, 6) is 1.39. The molecule has 0 saturated carbocycles. The Kier molecular flexibility index (Phi) is 4.54. The number of likely N-dealkylation sites (N-methyl/N-ethyl adjacent to an activating group) is 1. The van der Waals surface area contributed by atoms with Crippen molar-refractivity contribution in [2.24, 2.45) is 0 Å². The number of nitrogens with zero attached hydrogens (tertiary/aromatic N) is 1. The molecule has 1 aromatic heterocycles. The van der Waals surface area contributed by atoms with Gasteiger partial charge in [0.15, 0.2) is 11.5 Å². The van der Waals surface area contributed by atoms with Gasteiger partial charge in [0.05, 0.1) is 11.6 Å². The first-order valence-electron chi connectivity index (χ1n) is 7.82. The highest BCUT2D eigenvalue weighted by Gasteiger charge is 2.16. The van der Waals surface area contributed by atoms with Crippen LogP contribution in [0, 0.1) is 0 Å². The lowest BCUT2D eigenvalue weighted by atomic mass is 10.1. The summed E-state index contributed by atoms with van der Waals surface area (Å²) in [5.41, 5.74) is 1.41. The Morgan fingerprint density at radius 2 is 2.04 bits per heavy atom. The summed E-state index contributed by atoms with van der Waals surface area (Å²) in [6.07, 6.45) is 0.137. The maximum absolute atomic E-state index is 12.3. The molecule has 1 aliphatic rings. The molecule has 0 aliphatic carbocycles. The number of aromatic amines is 1. The number of fused-ring (bicyclic) bond motifs is 2. The Morgan fingerprint density at radius 1 is 1.30 bits per heavy atom. The molecule has 6 heteroatoms. The van der Waals surface area contributed by atoms with Gasteiger partial charge in [0.2, 0.25) is 6.79 Å². The van der Waals surface area contributed by atoms with Crippen LogP contribution in [0.4, 0.5) is 0 Å². The molecule has 0 saturated heterocycles. The highest BCUT2D eigenvalue weighted by atomic mass is 16.7. The van der Waals surface area contributed by atoms with Crippen LogP contribution in [0.3, 0.4) is 0 Å². The summed E-state index contributed by atoms with van der Waals surface area (Å²) < 4.78 is 16.3. The van der Waals surface area contributed by atoms with E-state index in [4.69, 9.17) is 14.2 Å². The third-order valence-electron chi connectivity index (χ3n) is 3.87. The minimum atomic E-state index is -0.0766. The fraction of sp³-hybridized carbons (Fsp3) is 0.471. The van der Waals surface area contributed by atoms with E-state index in [1.165, 1.54) is 0 Å². The van der Waals surface area contributed by atoms with E-state index in [2.05, 4.69) is 9.88 Å². The largest absolute Gasteiger partial charge is 0.454 e. The molecule has 1 N–H and O–H groups in total. The van der Waals surface area contributed by atoms with Crippen LogP contribution in [0.15, 0.2) is 23.0 Å². The van der Waals surface area contributed by atoms with Gasteiger partial charge in [0.1, 0.15) is 0 Å². The second kappa shape index (κ2) is 6.60. The van der Waals surface area contributed by atoms with Crippen LogP contribution in [0.2, 0.25) is 0 Å². The summed E-state index contributed by atoms with van der Waals surface area (Å²) in [6, 6.07) is 5.63. The Balaban J connectivity index is 1.82. The molecule has 0 bridgehead atoms. The van der Waals surface area contributed by atoms with E-state index >= 15 is 0 Å². The van der Waals surface area contributed by atoms with E-state index in [0.717, 1.165) is 23.0 Å². The molecular weight excluding hydrogens is 296 g/mol. The van der Waals surface area contributed by atoms with Gasteiger partial charge in [-0.15, -0.1) is 0 Å². The van der Waals surface area contributed by atoms with E-state index in [9.17, 15) is 4.79 Å². The van der Waals surface area contributed by atoms with Gasteiger partial charge in [-0.2, -0.15) is 0 Å². The molecule has 0 amide bonds. The standard InChI is InChI=1S/C17H22N2O4/c1-4-21-11(2)8-19(3)9-13-5-12-6-15-16(23-10-22-15)7-14(12)18-17(13)20/h5-7,11H,4,8-10H2,1-3H3,(H,18,20). The van der Waals surface area contributed by atoms with Crippen molar-refractivity contribution in [2.45, 2.75) is 26.5 Å². The average Bonchev–Trinajstić information content (AvgIpc) is 2.93. The minimum Gasteiger partial charge on any atom is -0.454 e. The SMILES string of the molecule is CCOC(C)CN(C)Cc1cc2cc3c(cc2[nH]c1=O)OCO3.